The van der Waals surface area contributed by atoms with Crippen molar-refractivity contribution in [2.45, 2.75) is 69.9 Å². The molecule has 0 amide bonds. The number of carbonyl (C=O) groups excluding carboxylic acids is 1. The van der Waals surface area contributed by atoms with Gasteiger partial charge in [0, 0.05) is 12.0 Å². The molecule has 8 nitrogen and oxygen atoms in total. The number of allylic oxidation sites excluding steroid dienone is 1. The predicted molar refractivity (Wildman–Crippen MR) is 134 cm³/mol. The van der Waals surface area contributed by atoms with Gasteiger partial charge in [0.1, 0.15) is 12.7 Å². The Kier molecular flexibility index (Phi) is 7.97. The largest absolute Gasteiger partial charge is 0.493 e. The molecule has 0 bridgehead atoms. The highest BCUT2D eigenvalue weighted by Crippen LogP contribution is 2.59. The molecule has 0 aromatic heterocycles. The number of carbonyl (C=O) groups is 1. The molecule has 2 aliphatic heterocycles. The van der Waals surface area contributed by atoms with Crippen LogP contribution >= 0.6 is 0 Å². The minimum Gasteiger partial charge on any atom is -0.493 e. The molecule has 1 saturated carbocycles. The Balaban J connectivity index is 1.39. The second-order valence-electron chi connectivity index (χ2n) is 10.2. The summed E-state index contributed by atoms with van der Waals surface area (Å²) in [5.74, 6) is 1.10. The third-order valence-corrected chi connectivity index (χ3v) is 7.46. The first-order chi connectivity index (χ1) is 17.2. The Morgan fingerprint density at radius 1 is 1.22 bits per heavy atom. The van der Waals surface area contributed by atoms with Gasteiger partial charge in [-0.3, -0.25) is 0 Å². The van der Waals surface area contributed by atoms with E-state index >= 15 is 0 Å². The van der Waals surface area contributed by atoms with Crippen molar-refractivity contribution in [3.63, 3.8) is 0 Å². The average Bonchev–Trinajstić information content (AvgIpc) is 3.78. The van der Waals surface area contributed by atoms with E-state index in [9.17, 15) is 4.79 Å². The van der Waals surface area contributed by atoms with Crippen LogP contribution in [0.15, 0.2) is 29.9 Å². The summed E-state index contributed by atoms with van der Waals surface area (Å²) in [4.78, 5) is 12.7. The van der Waals surface area contributed by atoms with E-state index in [0.717, 1.165) is 32.3 Å². The molecule has 36 heavy (non-hydrogen) atoms. The van der Waals surface area contributed by atoms with Crippen molar-refractivity contribution in [1.29, 1.82) is 0 Å². The van der Waals surface area contributed by atoms with Crippen LogP contribution in [0.1, 0.15) is 52.0 Å². The van der Waals surface area contributed by atoms with E-state index in [2.05, 4.69) is 26.8 Å². The Labute approximate surface area is 213 Å². The van der Waals surface area contributed by atoms with Gasteiger partial charge in [-0.25, -0.2) is 4.79 Å². The Morgan fingerprint density at radius 2 is 1.92 bits per heavy atom. The van der Waals surface area contributed by atoms with Crippen LogP contribution in [-0.4, -0.2) is 68.5 Å². The van der Waals surface area contributed by atoms with E-state index in [1.165, 1.54) is 25.9 Å². The third kappa shape index (κ3) is 5.71. The fourth-order valence-corrected chi connectivity index (χ4v) is 5.33. The number of epoxide rings is 2. The molecular weight excluding hydrogens is 464 g/mol. The van der Waals surface area contributed by atoms with E-state index in [0.29, 0.717) is 22.8 Å². The monoisotopic (exact) mass is 502 g/mol. The number of ether oxygens (including phenoxy) is 6. The van der Waals surface area contributed by atoms with E-state index in [-0.39, 0.29) is 42.5 Å². The summed E-state index contributed by atoms with van der Waals surface area (Å²) in [5, 5.41) is 9.06. The van der Waals surface area contributed by atoms with Gasteiger partial charge in [-0.05, 0) is 70.2 Å². The Bertz CT molecular complexity index is 982. The number of hydrogen-bond acceptors (Lipinski definition) is 8. The zero-order valence-electron chi connectivity index (χ0n) is 21.9. The highest BCUT2D eigenvalue weighted by Gasteiger charge is 2.68. The molecule has 1 spiro atoms. The molecular formula is C28H38O8. The smallest absolute Gasteiger partial charge is 0.331 e. The molecule has 198 valence electrons. The molecule has 8 heteroatoms. The average molecular weight is 503 g/mol. The van der Waals surface area contributed by atoms with E-state index in [4.69, 9.17) is 33.5 Å². The molecule has 5 atom stereocenters. The minimum atomic E-state index is -0.395. The van der Waals surface area contributed by atoms with Gasteiger partial charge in [0.2, 0.25) is 5.75 Å². The molecule has 1 aromatic carbocycles. The number of esters is 1. The fourth-order valence-electron chi connectivity index (χ4n) is 5.33. The van der Waals surface area contributed by atoms with E-state index in [1.807, 2.05) is 0 Å². The van der Waals surface area contributed by atoms with Gasteiger partial charge in [-0.1, -0.05) is 11.6 Å². The predicted octanol–water partition coefficient (Wildman–Crippen LogP) is 4.08. The summed E-state index contributed by atoms with van der Waals surface area (Å²) in [6.07, 6.45) is 8.60. The summed E-state index contributed by atoms with van der Waals surface area (Å²) >= 11 is 0. The second-order valence-corrected chi connectivity index (χ2v) is 10.2. The molecule has 3 aliphatic rings. The standard InChI is InChI=1S/C28H38O8/c1-18(2)6-8-24-27(3,36-24)23-16-20(10-11-28(23)17-34-28)35-25(30)9-7-19-14-21(31-4)26(33-13-12-29)22(15-19)32-5/h6-7,9,14-15,20,23-24,29H,8,10-13,16-17H2,1-5H3/b9-7+/t20-,23?,24?,27?,28?/m1/s1. The first kappa shape index (κ1) is 26.5. The molecule has 3 fully saturated rings. The summed E-state index contributed by atoms with van der Waals surface area (Å²) in [7, 11) is 3.04. The Morgan fingerprint density at radius 3 is 2.50 bits per heavy atom. The zero-order chi connectivity index (χ0) is 25.9. The molecule has 1 aromatic rings. The molecule has 1 N–H and O–H groups in total. The van der Waals surface area contributed by atoms with Crippen LogP contribution in [0, 0.1) is 5.92 Å². The molecule has 4 unspecified atom stereocenters. The maximum atomic E-state index is 12.7. The van der Waals surface area contributed by atoms with Crippen molar-refractivity contribution in [1.82, 2.24) is 0 Å². The van der Waals surface area contributed by atoms with E-state index in [1.54, 1.807) is 18.2 Å². The lowest BCUT2D eigenvalue weighted by Crippen LogP contribution is -2.44. The normalized spacial score (nSPS) is 30.7. The fraction of sp³-hybridized carbons (Fsp3) is 0.607. The Hall–Kier alpha value is -2.55. The van der Waals surface area contributed by atoms with Crippen LogP contribution < -0.4 is 14.2 Å². The number of hydrogen-bond donors (Lipinski definition) is 1. The quantitative estimate of drug-likeness (QED) is 0.209. The highest BCUT2D eigenvalue weighted by molar-refractivity contribution is 5.87. The molecule has 4 rings (SSSR count). The van der Waals surface area contributed by atoms with Gasteiger partial charge in [-0.2, -0.15) is 0 Å². The van der Waals surface area contributed by atoms with Crippen molar-refractivity contribution in [3.8, 4) is 17.2 Å². The number of aliphatic hydroxyl groups is 1. The lowest BCUT2D eigenvalue weighted by atomic mass is 9.70. The van der Waals surface area contributed by atoms with Crippen molar-refractivity contribution in [2.75, 3.05) is 34.0 Å². The first-order valence-electron chi connectivity index (χ1n) is 12.6. The second kappa shape index (κ2) is 10.8. The maximum absolute atomic E-state index is 12.7. The van der Waals surface area contributed by atoms with Crippen LogP contribution in [0.25, 0.3) is 6.08 Å². The third-order valence-electron chi connectivity index (χ3n) is 7.46. The van der Waals surface area contributed by atoms with Crippen LogP contribution in [0.5, 0.6) is 17.2 Å². The van der Waals surface area contributed by atoms with Crippen LogP contribution in [0.4, 0.5) is 0 Å². The maximum Gasteiger partial charge on any atom is 0.331 e. The van der Waals surface area contributed by atoms with Crippen LogP contribution in [0.3, 0.4) is 0 Å². The van der Waals surface area contributed by atoms with Gasteiger partial charge in [-0.15, -0.1) is 0 Å². The number of rotatable bonds is 11. The van der Waals surface area contributed by atoms with E-state index < -0.39 is 5.97 Å². The number of aliphatic hydroxyl groups excluding tert-OH is 1. The molecule has 2 heterocycles. The highest BCUT2D eigenvalue weighted by atomic mass is 16.6. The summed E-state index contributed by atoms with van der Waals surface area (Å²) in [6.45, 7) is 7.11. The van der Waals surface area contributed by atoms with Gasteiger partial charge in [0.15, 0.2) is 11.5 Å². The lowest BCUT2D eigenvalue weighted by molar-refractivity contribution is -0.147. The van der Waals surface area contributed by atoms with Gasteiger partial charge in [0.25, 0.3) is 0 Å². The van der Waals surface area contributed by atoms with Crippen molar-refractivity contribution in [2.24, 2.45) is 5.92 Å². The topological polar surface area (TPSA) is 99.3 Å². The number of benzene rings is 1. The summed E-state index contributed by atoms with van der Waals surface area (Å²) in [5.41, 5.74) is 1.62. The molecule has 1 aliphatic carbocycles. The van der Waals surface area contributed by atoms with Crippen molar-refractivity contribution >= 4 is 12.0 Å². The zero-order valence-corrected chi connectivity index (χ0v) is 21.9. The molecule has 2 saturated heterocycles. The van der Waals surface area contributed by atoms with Crippen LogP contribution in [-0.2, 0) is 19.0 Å². The SMILES string of the molecule is COc1cc(/C=C/C(=O)O[C@@H]2CCC3(CO3)C(C3(C)OC3CC=C(C)C)C2)cc(OC)c1OCCO. The minimum absolute atomic E-state index is 0.114. The van der Waals surface area contributed by atoms with Crippen molar-refractivity contribution < 1.29 is 38.3 Å². The van der Waals surface area contributed by atoms with Gasteiger partial charge in [0.05, 0.1) is 44.7 Å². The summed E-state index contributed by atoms with van der Waals surface area (Å²) in [6, 6.07) is 3.48. The van der Waals surface area contributed by atoms with Gasteiger partial charge >= 0.3 is 5.97 Å². The lowest BCUT2D eigenvalue weighted by Gasteiger charge is -2.36. The molecule has 0 radical (unpaired) electrons. The number of methoxy groups -OCH3 is 2. The van der Waals surface area contributed by atoms with Gasteiger partial charge < -0.3 is 33.5 Å². The summed E-state index contributed by atoms with van der Waals surface area (Å²) < 4.78 is 34.3. The first-order valence-corrected chi connectivity index (χ1v) is 12.6. The van der Waals surface area contributed by atoms with Crippen molar-refractivity contribution in [3.05, 3.63) is 35.4 Å². The van der Waals surface area contributed by atoms with Crippen LogP contribution in [0.2, 0.25) is 0 Å².